The Morgan fingerprint density at radius 2 is 2.14 bits per heavy atom. The molecular weight excluding hydrogens is 300 g/mol. The Labute approximate surface area is 134 Å². The molecule has 1 heterocycles. The standard InChI is InChI=1S/C16H20N2O3S/c1-17(2)9-3-5-13-11-14(18(19)20)7-8-16(13)22-12-15-6-4-10-21-15/h4,6-8,10-11H,3,5,9,12H2,1-2H3. The van der Waals surface area contributed by atoms with Gasteiger partial charge in [0.15, 0.2) is 0 Å². The number of furan rings is 1. The molecule has 0 aliphatic rings. The number of thioether (sulfide) groups is 1. The smallest absolute Gasteiger partial charge is 0.269 e. The topological polar surface area (TPSA) is 59.5 Å². The van der Waals surface area contributed by atoms with Crippen molar-refractivity contribution in [1.82, 2.24) is 4.90 Å². The number of aryl methyl sites for hydroxylation is 1. The van der Waals surface area contributed by atoms with Crippen LogP contribution in [0.5, 0.6) is 0 Å². The molecule has 22 heavy (non-hydrogen) atoms. The third-order valence-corrected chi connectivity index (χ3v) is 4.39. The van der Waals surface area contributed by atoms with Crippen LogP contribution in [0.2, 0.25) is 0 Å². The summed E-state index contributed by atoms with van der Waals surface area (Å²) in [4.78, 5) is 13.8. The Bertz CT molecular complexity index is 612. The summed E-state index contributed by atoms with van der Waals surface area (Å²) >= 11 is 1.65. The van der Waals surface area contributed by atoms with Gasteiger partial charge in [-0.1, -0.05) is 0 Å². The highest BCUT2D eigenvalue weighted by Gasteiger charge is 2.12. The molecule has 1 aromatic heterocycles. The normalized spacial score (nSPS) is 11.0. The largest absolute Gasteiger partial charge is 0.468 e. The van der Waals surface area contributed by atoms with E-state index in [1.54, 1.807) is 30.2 Å². The zero-order valence-corrected chi connectivity index (χ0v) is 13.6. The van der Waals surface area contributed by atoms with Crippen LogP contribution >= 0.6 is 11.8 Å². The van der Waals surface area contributed by atoms with Gasteiger partial charge in [-0.05, 0) is 57.2 Å². The summed E-state index contributed by atoms with van der Waals surface area (Å²) in [6, 6.07) is 8.91. The van der Waals surface area contributed by atoms with Crippen LogP contribution < -0.4 is 0 Å². The molecule has 0 atom stereocenters. The molecule has 0 spiro atoms. The van der Waals surface area contributed by atoms with E-state index < -0.39 is 0 Å². The summed E-state index contributed by atoms with van der Waals surface area (Å²) in [5.74, 6) is 1.63. The molecule has 118 valence electrons. The average molecular weight is 320 g/mol. The molecular formula is C16H20N2O3S. The molecule has 2 aromatic rings. The van der Waals surface area contributed by atoms with Crippen molar-refractivity contribution >= 4 is 17.4 Å². The maximum atomic E-state index is 11.0. The second-order valence-corrected chi connectivity index (χ2v) is 6.34. The Hall–Kier alpha value is -1.79. The Kier molecular flexibility index (Phi) is 6.03. The number of nitro groups is 1. The van der Waals surface area contributed by atoms with Crippen LogP contribution in [0.4, 0.5) is 5.69 Å². The van der Waals surface area contributed by atoms with E-state index in [0.29, 0.717) is 0 Å². The first-order chi connectivity index (χ1) is 10.6. The highest BCUT2D eigenvalue weighted by atomic mass is 32.2. The average Bonchev–Trinajstić information content (AvgIpc) is 2.98. The molecule has 2 rings (SSSR count). The lowest BCUT2D eigenvalue weighted by atomic mass is 10.1. The van der Waals surface area contributed by atoms with Gasteiger partial charge in [0.1, 0.15) is 5.76 Å². The molecule has 0 saturated carbocycles. The Morgan fingerprint density at radius 1 is 1.32 bits per heavy atom. The van der Waals surface area contributed by atoms with E-state index in [4.69, 9.17) is 4.42 Å². The molecule has 0 amide bonds. The van der Waals surface area contributed by atoms with Gasteiger partial charge in [0.05, 0.1) is 16.9 Å². The van der Waals surface area contributed by atoms with Crippen LogP contribution in [0.3, 0.4) is 0 Å². The first-order valence-corrected chi connectivity index (χ1v) is 8.12. The third kappa shape index (κ3) is 4.89. The minimum atomic E-state index is -0.337. The number of nitrogens with zero attached hydrogens (tertiary/aromatic N) is 2. The molecule has 0 fully saturated rings. The number of rotatable bonds is 8. The van der Waals surface area contributed by atoms with Gasteiger partial charge in [0.2, 0.25) is 0 Å². The summed E-state index contributed by atoms with van der Waals surface area (Å²) in [5.41, 5.74) is 1.19. The zero-order valence-electron chi connectivity index (χ0n) is 12.8. The van der Waals surface area contributed by atoms with E-state index >= 15 is 0 Å². The molecule has 0 bridgehead atoms. The summed E-state index contributed by atoms with van der Waals surface area (Å²) < 4.78 is 5.33. The van der Waals surface area contributed by atoms with Crippen molar-refractivity contribution in [1.29, 1.82) is 0 Å². The zero-order chi connectivity index (χ0) is 15.9. The van der Waals surface area contributed by atoms with Crippen molar-refractivity contribution in [2.24, 2.45) is 0 Å². The number of benzene rings is 1. The van der Waals surface area contributed by atoms with Crippen LogP contribution in [0.25, 0.3) is 0 Å². The van der Waals surface area contributed by atoms with Crippen LogP contribution in [0.15, 0.2) is 45.9 Å². The summed E-state index contributed by atoms with van der Waals surface area (Å²) in [6.45, 7) is 0.963. The van der Waals surface area contributed by atoms with Crippen LogP contribution in [0, 0.1) is 10.1 Å². The third-order valence-electron chi connectivity index (χ3n) is 3.26. The lowest BCUT2D eigenvalue weighted by Gasteiger charge is -2.11. The van der Waals surface area contributed by atoms with Crippen molar-refractivity contribution in [3.63, 3.8) is 0 Å². The van der Waals surface area contributed by atoms with Crippen LogP contribution in [0.1, 0.15) is 17.7 Å². The second-order valence-electron chi connectivity index (χ2n) is 5.32. The van der Waals surface area contributed by atoms with Crippen LogP contribution in [-0.2, 0) is 12.2 Å². The number of hydrogen-bond donors (Lipinski definition) is 0. The quantitative estimate of drug-likeness (QED) is 0.418. The Morgan fingerprint density at radius 3 is 2.77 bits per heavy atom. The molecule has 0 aliphatic heterocycles. The predicted octanol–water partition coefficient (Wildman–Crippen LogP) is 3.97. The SMILES string of the molecule is CN(C)CCCc1cc([N+](=O)[O-])ccc1SCc1ccco1. The highest BCUT2D eigenvalue weighted by Crippen LogP contribution is 2.30. The molecule has 1 aromatic carbocycles. The molecule has 5 nitrogen and oxygen atoms in total. The maximum absolute atomic E-state index is 11.0. The van der Waals surface area contributed by atoms with Crippen LogP contribution in [-0.4, -0.2) is 30.5 Å². The highest BCUT2D eigenvalue weighted by molar-refractivity contribution is 7.98. The van der Waals surface area contributed by atoms with Crippen molar-refractivity contribution in [3.05, 3.63) is 58.0 Å². The fourth-order valence-corrected chi connectivity index (χ4v) is 3.12. The van der Waals surface area contributed by atoms with Gasteiger partial charge in [0, 0.05) is 17.0 Å². The molecule has 0 radical (unpaired) electrons. The maximum Gasteiger partial charge on any atom is 0.269 e. The van der Waals surface area contributed by atoms with E-state index in [0.717, 1.165) is 41.4 Å². The van der Waals surface area contributed by atoms with Gasteiger partial charge in [-0.2, -0.15) is 0 Å². The van der Waals surface area contributed by atoms with Gasteiger partial charge in [-0.25, -0.2) is 0 Å². The van der Waals surface area contributed by atoms with Crippen molar-refractivity contribution in [3.8, 4) is 0 Å². The molecule has 0 unspecified atom stereocenters. The minimum Gasteiger partial charge on any atom is -0.468 e. The summed E-state index contributed by atoms with van der Waals surface area (Å²) in [6.07, 6.45) is 3.46. The van der Waals surface area contributed by atoms with Gasteiger partial charge in [-0.3, -0.25) is 10.1 Å². The van der Waals surface area contributed by atoms with Crippen molar-refractivity contribution in [2.75, 3.05) is 20.6 Å². The first kappa shape index (κ1) is 16.6. The number of hydrogen-bond acceptors (Lipinski definition) is 5. The monoisotopic (exact) mass is 320 g/mol. The molecule has 0 aliphatic carbocycles. The predicted molar refractivity (Wildman–Crippen MR) is 88.2 cm³/mol. The lowest BCUT2D eigenvalue weighted by molar-refractivity contribution is -0.385. The van der Waals surface area contributed by atoms with Gasteiger partial charge < -0.3 is 9.32 Å². The van der Waals surface area contributed by atoms with Gasteiger partial charge in [-0.15, -0.1) is 11.8 Å². The van der Waals surface area contributed by atoms with E-state index in [-0.39, 0.29) is 10.6 Å². The number of nitro benzene ring substituents is 1. The fraction of sp³-hybridized carbons (Fsp3) is 0.375. The van der Waals surface area contributed by atoms with Gasteiger partial charge in [0.25, 0.3) is 5.69 Å². The lowest BCUT2D eigenvalue weighted by Crippen LogP contribution is -2.13. The summed E-state index contributed by atoms with van der Waals surface area (Å²) in [5, 5.41) is 11.0. The second kappa shape index (κ2) is 8.00. The fourth-order valence-electron chi connectivity index (χ4n) is 2.14. The van der Waals surface area contributed by atoms with Crippen molar-refractivity contribution < 1.29 is 9.34 Å². The number of non-ortho nitro benzene ring substituents is 1. The van der Waals surface area contributed by atoms with E-state index in [1.165, 1.54) is 0 Å². The van der Waals surface area contributed by atoms with E-state index in [1.807, 2.05) is 32.3 Å². The Balaban J connectivity index is 2.09. The first-order valence-electron chi connectivity index (χ1n) is 7.13. The van der Waals surface area contributed by atoms with E-state index in [9.17, 15) is 10.1 Å². The van der Waals surface area contributed by atoms with Crippen molar-refractivity contribution in [2.45, 2.75) is 23.5 Å². The molecule has 6 heteroatoms. The molecule has 0 saturated heterocycles. The van der Waals surface area contributed by atoms with E-state index in [2.05, 4.69) is 4.90 Å². The minimum absolute atomic E-state index is 0.155. The summed E-state index contributed by atoms with van der Waals surface area (Å²) in [7, 11) is 4.06. The molecule has 0 N–H and O–H groups in total. The van der Waals surface area contributed by atoms with Gasteiger partial charge >= 0.3 is 0 Å².